The Balaban J connectivity index is 2.19. The van der Waals surface area contributed by atoms with Gasteiger partial charge in [-0.25, -0.2) is 0 Å². The van der Waals surface area contributed by atoms with Crippen LogP contribution in [0.15, 0.2) is 18.2 Å². The topological polar surface area (TPSA) is 12.0 Å². The lowest BCUT2D eigenvalue weighted by molar-refractivity contribution is 0.621. The zero-order valence-corrected chi connectivity index (χ0v) is 8.06. The number of hydrogen-bond acceptors (Lipinski definition) is 1. The first-order chi connectivity index (χ1) is 6.32. The third kappa shape index (κ3) is 0.932. The normalized spacial score (nSPS) is 22.2. The molecular formula is C12H15N. The Morgan fingerprint density at radius 2 is 2.08 bits per heavy atom. The van der Waals surface area contributed by atoms with Crippen molar-refractivity contribution in [2.75, 3.05) is 11.9 Å². The predicted molar refractivity (Wildman–Crippen MR) is 55.2 cm³/mol. The molecule has 0 unspecified atom stereocenters. The van der Waals surface area contributed by atoms with Gasteiger partial charge >= 0.3 is 0 Å². The number of benzene rings is 1. The van der Waals surface area contributed by atoms with E-state index in [4.69, 9.17) is 0 Å². The Morgan fingerprint density at radius 3 is 2.85 bits per heavy atom. The van der Waals surface area contributed by atoms with Gasteiger partial charge in [0.1, 0.15) is 0 Å². The highest BCUT2D eigenvalue weighted by atomic mass is 14.9. The van der Waals surface area contributed by atoms with E-state index >= 15 is 0 Å². The highest BCUT2D eigenvalue weighted by Crippen LogP contribution is 2.55. The Bertz CT molecular complexity index is 350. The van der Waals surface area contributed by atoms with Crippen LogP contribution in [-0.4, -0.2) is 6.54 Å². The van der Waals surface area contributed by atoms with Gasteiger partial charge in [0.25, 0.3) is 0 Å². The van der Waals surface area contributed by atoms with Crippen LogP contribution in [0.5, 0.6) is 0 Å². The van der Waals surface area contributed by atoms with Gasteiger partial charge in [0.2, 0.25) is 0 Å². The maximum Gasteiger partial charge on any atom is 0.0408 e. The van der Waals surface area contributed by atoms with Crippen molar-refractivity contribution in [1.82, 2.24) is 0 Å². The first kappa shape index (κ1) is 7.43. The van der Waals surface area contributed by atoms with Gasteiger partial charge in [-0.05, 0) is 42.7 Å². The van der Waals surface area contributed by atoms with E-state index in [0.717, 1.165) is 6.54 Å². The number of anilines is 1. The van der Waals surface area contributed by atoms with Crippen LogP contribution in [0.1, 0.15) is 30.4 Å². The predicted octanol–water partition coefficient (Wildman–Crippen LogP) is 2.84. The molecule has 0 aromatic heterocycles. The SMILES string of the molecule is Cc1cccc2c1NCCC21CC1. The molecule has 1 aliphatic heterocycles. The molecular weight excluding hydrogens is 158 g/mol. The molecule has 0 saturated heterocycles. The standard InChI is InChI=1S/C12H15N/c1-9-3-2-4-10-11(9)13-8-7-12(10)5-6-12/h2-4,13H,5-8H2,1H3. The van der Waals surface area contributed by atoms with Gasteiger partial charge in [-0.15, -0.1) is 0 Å². The fraction of sp³-hybridized carbons (Fsp3) is 0.500. The van der Waals surface area contributed by atoms with Crippen molar-refractivity contribution in [2.24, 2.45) is 0 Å². The van der Waals surface area contributed by atoms with Crippen LogP contribution in [0.25, 0.3) is 0 Å². The summed E-state index contributed by atoms with van der Waals surface area (Å²) in [6.07, 6.45) is 4.15. The lowest BCUT2D eigenvalue weighted by Gasteiger charge is -2.27. The summed E-state index contributed by atoms with van der Waals surface area (Å²) in [5.41, 5.74) is 5.00. The third-order valence-electron chi connectivity index (χ3n) is 3.60. The van der Waals surface area contributed by atoms with Gasteiger partial charge in [-0.2, -0.15) is 0 Å². The van der Waals surface area contributed by atoms with Crippen molar-refractivity contribution >= 4 is 5.69 Å². The highest BCUT2D eigenvalue weighted by molar-refractivity contribution is 5.63. The molecule has 1 nitrogen and oxygen atoms in total. The number of hydrogen-bond donors (Lipinski definition) is 1. The second-order valence-corrected chi connectivity index (χ2v) is 4.45. The van der Waals surface area contributed by atoms with E-state index in [1.807, 2.05) is 0 Å². The van der Waals surface area contributed by atoms with E-state index in [2.05, 4.69) is 30.4 Å². The minimum Gasteiger partial charge on any atom is -0.385 e. The molecule has 3 rings (SSSR count). The fourth-order valence-corrected chi connectivity index (χ4v) is 2.58. The van der Waals surface area contributed by atoms with Gasteiger partial charge in [-0.1, -0.05) is 18.2 Å². The summed E-state index contributed by atoms with van der Waals surface area (Å²) >= 11 is 0. The molecule has 13 heavy (non-hydrogen) atoms. The van der Waals surface area contributed by atoms with Gasteiger partial charge in [0, 0.05) is 12.2 Å². The zero-order valence-electron chi connectivity index (χ0n) is 8.06. The van der Waals surface area contributed by atoms with Crippen molar-refractivity contribution in [3.8, 4) is 0 Å². The van der Waals surface area contributed by atoms with E-state index in [1.165, 1.54) is 30.5 Å². The van der Waals surface area contributed by atoms with Gasteiger partial charge in [-0.3, -0.25) is 0 Å². The molecule has 68 valence electrons. The minimum absolute atomic E-state index is 0.590. The molecule has 1 heterocycles. The zero-order chi connectivity index (χ0) is 8.89. The average molecular weight is 173 g/mol. The lowest BCUT2D eigenvalue weighted by Crippen LogP contribution is -2.22. The van der Waals surface area contributed by atoms with Gasteiger partial charge in [0.05, 0.1) is 0 Å². The summed E-state index contributed by atoms with van der Waals surface area (Å²) < 4.78 is 0. The van der Waals surface area contributed by atoms with E-state index in [1.54, 1.807) is 5.56 Å². The Morgan fingerprint density at radius 1 is 1.23 bits per heavy atom. The molecule has 1 aliphatic carbocycles. The number of para-hydroxylation sites is 1. The lowest BCUT2D eigenvalue weighted by atomic mass is 9.86. The summed E-state index contributed by atoms with van der Waals surface area (Å²) in [6, 6.07) is 6.70. The second-order valence-electron chi connectivity index (χ2n) is 4.45. The summed E-state index contributed by atoms with van der Waals surface area (Å²) in [5.74, 6) is 0. The quantitative estimate of drug-likeness (QED) is 0.636. The van der Waals surface area contributed by atoms with Crippen LogP contribution in [-0.2, 0) is 5.41 Å². The van der Waals surface area contributed by atoms with Crippen LogP contribution in [0.2, 0.25) is 0 Å². The van der Waals surface area contributed by atoms with Gasteiger partial charge < -0.3 is 5.32 Å². The van der Waals surface area contributed by atoms with E-state index < -0.39 is 0 Å². The van der Waals surface area contributed by atoms with Crippen LogP contribution in [0.4, 0.5) is 5.69 Å². The van der Waals surface area contributed by atoms with E-state index in [-0.39, 0.29) is 0 Å². The maximum atomic E-state index is 3.53. The Hall–Kier alpha value is -0.980. The molecule has 0 radical (unpaired) electrons. The molecule has 1 heteroatoms. The Labute approximate surface area is 79.2 Å². The van der Waals surface area contributed by atoms with Crippen molar-refractivity contribution in [1.29, 1.82) is 0 Å². The van der Waals surface area contributed by atoms with Crippen molar-refractivity contribution in [3.05, 3.63) is 29.3 Å². The summed E-state index contributed by atoms with van der Waals surface area (Å²) in [7, 11) is 0. The maximum absolute atomic E-state index is 3.53. The van der Waals surface area contributed by atoms with Crippen molar-refractivity contribution in [3.63, 3.8) is 0 Å². The fourth-order valence-electron chi connectivity index (χ4n) is 2.58. The minimum atomic E-state index is 0.590. The molecule has 1 aromatic carbocycles. The highest BCUT2D eigenvalue weighted by Gasteiger charge is 2.46. The summed E-state index contributed by atoms with van der Waals surface area (Å²) in [4.78, 5) is 0. The number of nitrogens with one attached hydrogen (secondary N) is 1. The van der Waals surface area contributed by atoms with Crippen LogP contribution in [0.3, 0.4) is 0 Å². The molecule has 1 fully saturated rings. The molecule has 0 atom stereocenters. The number of aryl methyl sites for hydroxylation is 1. The molecule has 1 saturated carbocycles. The molecule has 1 aromatic rings. The van der Waals surface area contributed by atoms with Crippen molar-refractivity contribution < 1.29 is 0 Å². The smallest absolute Gasteiger partial charge is 0.0408 e. The van der Waals surface area contributed by atoms with Crippen molar-refractivity contribution in [2.45, 2.75) is 31.6 Å². The van der Waals surface area contributed by atoms with Crippen LogP contribution >= 0.6 is 0 Å². The second kappa shape index (κ2) is 2.28. The Kier molecular flexibility index (Phi) is 1.30. The molecule has 1 N–H and O–H groups in total. The third-order valence-corrected chi connectivity index (χ3v) is 3.60. The molecule has 0 amide bonds. The molecule has 0 bridgehead atoms. The van der Waals surface area contributed by atoms with Gasteiger partial charge in [0.15, 0.2) is 0 Å². The number of fused-ring (bicyclic) bond motifs is 2. The van der Waals surface area contributed by atoms with Crippen LogP contribution < -0.4 is 5.32 Å². The molecule has 2 aliphatic rings. The molecule has 1 spiro atoms. The van der Waals surface area contributed by atoms with Crippen LogP contribution in [0, 0.1) is 6.92 Å². The first-order valence-corrected chi connectivity index (χ1v) is 5.16. The van der Waals surface area contributed by atoms with E-state index in [0.29, 0.717) is 5.41 Å². The summed E-state index contributed by atoms with van der Waals surface area (Å²) in [5, 5.41) is 3.53. The largest absolute Gasteiger partial charge is 0.385 e. The summed E-state index contributed by atoms with van der Waals surface area (Å²) in [6.45, 7) is 3.37. The van der Waals surface area contributed by atoms with E-state index in [9.17, 15) is 0 Å². The first-order valence-electron chi connectivity index (χ1n) is 5.16. The average Bonchev–Trinajstić information content (AvgIpc) is 2.89. The monoisotopic (exact) mass is 173 g/mol. The number of rotatable bonds is 0.